The number of carbonyl (C=O) groups excluding carboxylic acids is 1. The molecule has 1 saturated heterocycles. The van der Waals surface area contributed by atoms with Crippen LogP contribution in [0.2, 0.25) is 0 Å². The van der Waals surface area contributed by atoms with Crippen LogP contribution in [0.4, 0.5) is 0 Å². The molecule has 1 aliphatic carbocycles. The Balaban J connectivity index is 2.02. The summed E-state index contributed by atoms with van der Waals surface area (Å²) >= 11 is 0. The fourth-order valence-corrected chi connectivity index (χ4v) is 3.30. The second-order valence-corrected chi connectivity index (χ2v) is 5.01. The van der Waals surface area contributed by atoms with Crippen LogP contribution in [0, 0.1) is 17.8 Å². The third-order valence-electron chi connectivity index (χ3n) is 4.21. The minimum atomic E-state index is 0.226. The summed E-state index contributed by atoms with van der Waals surface area (Å²) in [5.74, 6) is 2.08. The van der Waals surface area contributed by atoms with E-state index in [1.54, 1.807) is 0 Å². The van der Waals surface area contributed by atoms with Gasteiger partial charge in [-0.1, -0.05) is 32.6 Å². The summed E-state index contributed by atoms with van der Waals surface area (Å²) in [4.78, 5) is 11.9. The van der Waals surface area contributed by atoms with E-state index in [1.807, 2.05) is 0 Å². The molecule has 15 heavy (non-hydrogen) atoms. The van der Waals surface area contributed by atoms with Gasteiger partial charge in [0.1, 0.15) is 5.78 Å². The molecule has 0 radical (unpaired) electrons. The van der Waals surface area contributed by atoms with Crippen LogP contribution in [0.25, 0.3) is 0 Å². The lowest BCUT2D eigenvalue weighted by molar-refractivity contribution is -0.135. The number of Topliss-reactive ketones (excluding diaryl/α,β-unsaturated/α-hetero) is 1. The van der Waals surface area contributed by atoms with E-state index in [-0.39, 0.29) is 5.92 Å². The van der Waals surface area contributed by atoms with Gasteiger partial charge in [-0.2, -0.15) is 0 Å². The van der Waals surface area contributed by atoms with Gasteiger partial charge in [0.2, 0.25) is 0 Å². The summed E-state index contributed by atoms with van der Waals surface area (Å²) in [5.41, 5.74) is 0. The van der Waals surface area contributed by atoms with Crippen molar-refractivity contribution in [2.24, 2.45) is 17.8 Å². The first-order chi connectivity index (χ1) is 7.33. The van der Waals surface area contributed by atoms with Gasteiger partial charge < -0.3 is 4.74 Å². The van der Waals surface area contributed by atoms with E-state index in [9.17, 15) is 4.79 Å². The van der Waals surface area contributed by atoms with Gasteiger partial charge in [-0.25, -0.2) is 0 Å². The molecule has 0 spiro atoms. The minimum absolute atomic E-state index is 0.226. The van der Waals surface area contributed by atoms with Crippen molar-refractivity contribution in [2.75, 3.05) is 13.2 Å². The molecule has 1 heterocycles. The topological polar surface area (TPSA) is 26.3 Å². The molecule has 0 amide bonds. The minimum Gasteiger partial charge on any atom is -0.380 e. The summed E-state index contributed by atoms with van der Waals surface area (Å²) in [6.45, 7) is 3.61. The van der Waals surface area contributed by atoms with E-state index >= 15 is 0 Å². The molecule has 2 fully saturated rings. The van der Waals surface area contributed by atoms with Crippen molar-refractivity contribution in [3.8, 4) is 0 Å². The van der Waals surface area contributed by atoms with Crippen LogP contribution >= 0.6 is 0 Å². The van der Waals surface area contributed by atoms with Crippen LogP contribution in [-0.4, -0.2) is 19.0 Å². The van der Waals surface area contributed by atoms with E-state index in [0.717, 1.165) is 5.92 Å². The first-order valence-electron chi connectivity index (χ1n) is 6.43. The highest BCUT2D eigenvalue weighted by Crippen LogP contribution is 2.38. The van der Waals surface area contributed by atoms with Gasteiger partial charge in [0.05, 0.1) is 13.2 Å². The van der Waals surface area contributed by atoms with Crippen molar-refractivity contribution in [1.82, 2.24) is 0 Å². The Labute approximate surface area is 92.4 Å². The second kappa shape index (κ2) is 5.11. The van der Waals surface area contributed by atoms with Crippen LogP contribution < -0.4 is 0 Å². The van der Waals surface area contributed by atoms with Crippen LogP contribution in [0.3, 0.4) is 0 Å². The summed E-state index contributed by atoms with van der Waals surface area (Å²) in [5, 5.41) is 0. The molecule has 3 unspecified atom stereocenters. The monoisotopic (exact) mass is 210 g/mol. The predicted molar refractivity (Wildman–Crippen MR) is 59.7 cm³/mol. The molecule has 0 aromatic rings. The average molecular weight is 210 g/mol. The number of rotatable bonds is 2. The summed E-state index contributed by atoms with van der Waals surface area (Å²) in [7, 11) is 0. The smallest absolute Gasteiger partial charge is 0.140 e. The van der Waals surface area contributed by atoms with Gasteiger partial charge in [0.25, 0.3) is 0 Å². The molecule has 86 valence electrons. The zero-order valence-corrected chi connectivity index (χ0v) is 9.71. The Kier molecular flexibility index (Phi) is 3.79. The average Bonchev–Trinajstić information content (AvgIpc) is 2.30. The lowest BCUT2D eigenvalue weighted by atomic mass is 9.69. The van der Waals surface area contributed by atoms with Crippen LogP contribution in [0.15, 0.2) is 0 Å². The van der Waals surface area contributed by atoms with Crippen molar-refractivity contribution in [3.63, 3.8) is 0 Å². The van der Waals surface area contributed by atoms with E-state index in [4.69, 9.17) is 4.74 Å². The number of hydrogen-bond donors (Lipinski definition) is 0. The van der Waals surface area contributed by atoms with Gasteiger partial charge in [-0.15, -0.1) is 0 Å². The number of hydrogen-bond acceptors (Lipinski definition) is 2. The Bertz CT molecular complexity index is 225. The van der Waals surface area contributed by atoms with Crippen LogP contribution in [0.1, 0.15) is 45.4 Å². The largest absolute Gasteiger partial charge is 0.380 e. The molecule has 2 rings (SSSR count). The lowest BCUT2D eigenvalue weighted by Gasteiger charge is -2.37. The fraction of sp³-hybridized carbons (Fsp3) is 0.923. The highest BCUT2D eigenvalue weighted by molar-refractivity contribution is 5.82. The summed E-state index contributed by atoms with van der Waals surface area (Å²) < 4.78 is 5.48. The number of carbonyl (C=O) groups is 1. The van der Waals surface area contributed by atoms with Crippen molar-refractivity contribution in [2.45, 2.75) is 45.4 Å². The van der Waals surface area contributed by atoms with Gasteiger partial charge >= 0.3 is 0 Å². The zero-order chi connectivity index (χ0) is 10.7. The van der Waals surface area contributed by atoms with Crippen molar-refractivity contribution in [3.05, 3.63) is 0 Å². The molecule has 2 nitrogen and oxygen atoms in total. The quantitative estimate of drug-likeness (QED) is 0.700. The molecule has 1 aliphatic heterocycles. The first kappa shape index (κ1) is 11.1. The molecule has 2 heteroatoms. The molecule has 0 N–H and O–H groups in total. The van der Waals surface area contributed by atoms with Crippen LogP contribution in [0.5, 0.6) is 0 Å². The highest BCUT2D eigenvalue weighted by Gasteiger charge is 2.36. The van der Waals surface area contributed by atoms with E-state index in [1.165, 1.54) is 32.1 Å². The Morgan fingerprint density at radius 3 is 2.87 bits per heavy atom. The summed E-state index contributed by atoms with van der Waals surface area (Å²) in [6, 6.07) is 0. The van der Waals surface area contributed by atoms with Gasteiger partial charge in [-0.05, 0) is 18.3 Å². The molecule has 3 atom stereocenters. The lowest BCUT2D eigenvalue weighted by Crippen LogP contribution is -2.38. The molecule has 0 aromatic heterocycles. The molecular formula is C13H22O2. The third-order valence-corrected chi connectivity index (χ3v) is 4.21. The normalized spacial score (nSPS) is 37.9. The van der Waals surface area contributed by atoms with E-state index < -0.39 is 0 Å². The Morgan fingerprint density at radius 1 is 1.33 bits per heavy atom. The molecule has 0 aromatic carbocycles. The zero-order valence-electron chi connectivity index (χ0n) is 9.71. The maximum atomic E-state index is 11.9. The standard InChI is InChI=1S/C13H22O2/c1-2-10-5-3-4-6-11(10)12-9-15-8-7-13(12)14/h10-12H,2-9H2,1H3. The van der Waals surface area contributed by atoms with Crippen molar-refractivity contribution in [1.29, 1.82) is 0 Å². The predicted octanol–water partition coefficient (Wildman–Crippen LogP) is 2.81. The Hall–Kier alpha value is -0.370. The van der Waals surface area contributed by atoms with Gasteiger partial charge in [-0.3, -0.25) is 4.79 Å². The second-order valence-electron chi connectivity index (χ2n) is 5.01. The van der Waals surface area contributed by atoms with E-state index in [2.05, 4.69) is 6.92 Å². The number of ether oxygens (including phenoxy) is 1. The highest BCUT2D eigenvalue weighted by atomic mass is 16.5. The first-order valence-corrected chi connectivity index (χ1v) is 6.43. The molecule has 1 saturated carbocycles. The van der Waals surface area contributed by atoms with Crippen molar-refractivity contribution < 1.29 is 9.53 Å². The Morgan fingerprint density at radius 2 is 2.13 bits per heavy atom. The maximum Gasteiger partial charge on any atom is 0.140 e. The summed E-state index contributed by atoms with van der Waals surface area (Å²) in [6.07, 6.45) is 7.12. The molecule has 0 bridgehead atoms. The third kappa shape index (κ3) is 2.41. The maximum absolute atomic E-state index is 11.9. The van der Waals surface area contributed by atoms with E-state index in [0.29, 0.717) is 31.3 Å². The fourth-order valence-electron chi connectivity index (χ4n) is 3.30. The SMILES string of the molecule is CCC1CCCCC1C1COCCC1=O. The van der Waals surface area contributed by atoms with Gasteiger partial charge in [0.15, 0.2) is 0 Å². The van der Waals surface area contributed by atoms with Crippen molar-refractivity contribution >= 4 is 5.78 Å². The van der Waals surface area contributed by atoms with Gasteiger partial charge in [0, 0.05) is 12.3 Å². The number of ketones is 1. The molecular weight excluding hydrogens is 188 g/mol. The van der Waals surface area contributed by atoms with Crippen LogP contribution in [-0.2, 0) is 9.53 Å². The molecule has 2 aliphatic rings.